The van der Waals surface area contributed by atoms with Gasteiger partial charge in [-0.05, 0) is 19.3 Å². The molecule has 0 heterocycles. The van der Waals surface area contributed by atoms with E-state index in [9.17, 15) is 18.0 Å². The van der Waals surface area contributed by atoms with E-state index in [1.165, 1.54) is 0 Å². The normalized spacial score (nSPS) is 11.3. The first-order valence-electron chi connectivity index (χ1n) is 5.93. The lowest BCUT2D eigenvalue weighted by molar-refractivity contribution is -0.135. The van der Waals surface area contributed by atoms with Crippen molar-refractivity contribution in [2.24, 2.45) is 0 Å². The van der Waals surface area contributed by atoms with Crippen molar-refractivity contribution in [3.8, 4) is 0 Å². The second-order valence-electron chi connectivity index (χ2n) is 3.84. The zero-order valence-electron chi connectivity index (χ0n) is 10.1. The van der Waals surface area contributed by atoms with Crippen LogP contribution in [0.4, 0.5) is 18.0 Å². The number of halogens is 3. The van der Waals surface area contributed by atoms with Crippen LogP contribution in [0.15, 0.2) is 0 Å². The highest BCUT2D eigenvalue weighted by Gasteiger charge is 2.25. The number of carbonyl (C=O) groups excluding carboxylic acids is 1. The largest absolute Gasteiger partial charge is 0.450 e. The highest BCUT2D eigenvalue weighted by Crippen LogP contribution is 2.22. The lowest BCUT2D eigenvalue weighted by Gasteiger charge is -2.07. The van der Waals surface area contributed by atoms with E-state index in [4.69, 9.17) is 4.74 Å². The molecule has 0 radical (unpaired) electrons. The first kappa shape index (κ1) is 16.1. The van der Waals surface area contributed by atoms with Crippen molar-refractivity contribution < 1.29 is 22.7 Å². The van der Waals surface area contributed by atoms with Gasteiger partial charge in [-0.1, -0.05) is 19.8 Å². The average molecular weight is 255 g/mol. The van der Waals surface area contributed by atoms with Gasteiger partial charge < -0.3 is 10.1 Å². The summed E-state index contributed by atoms with van der Waals surface area (Å²) in [6.07, 6.45) is -2.46. The van der Waals surface area contributed by atoms with E-state index in [1.54, 1.807) is 0 Å². The Kier molecular flexibility index (Phi) is 8.62. The zero-order valence-corrected chi connectivity index (χ0v) is 10.1. The number of unbranched alkanes of at least 4 members (excludes halogenated alkanes) is 3. The van der Waals surface area contributed by atoms with Crippen molar-refractivity contribution in [1.82, 2.24) is 5.32 Å². The van der Waals surface area contributed by atoms with Gasteiger partial charge in [0.05, 0.1) is 6.61 Å². The second-order valence-corrected chi connectivity index (χ2v) is 3.84. The number of carbonyl (C=O) groups is 1. The van der Waals surface area contributed by atoms with Gasteiger partial charge in [-0.15, -0.1) is 0 Å². The van der Waals surface area contributed by atoms with Gasteiger partial charge in [-0.3, -0.25) is 0 Å². The number of hydrogen-bond acceptors (Lipinski definition) is 2. The summed E-state index contributed by atoms with van der Waals surface area (Å²) in [5, 5.41) is 2.50. The number of amides is 1. The smallest absolute Gasteiger partial charge is 0.407 e. The van der Waals surface area contributed by atoms with E-state index in [1.807, 2.05) is 6.92 Å². The maximum atomic E-state index is 11.8. The van der Waals surface area contributed by atoms with Crippen LogP contribution in [0.3, 0.4) is 0 Å². The molecule has 0 bridgehead atoms. The molecular weight excluding hydrogens is 235 g/mol. The van der Waals surface area contributed by atoms with Crippen LogP contribution in [0, 0.1) is 0 Å². The Labute approximate surface area is 99.7 Å². The second kappa shape index (κ2) is 9.13. The number of hydrogen-bond donors (Lipinski definition) is 1. The Bertz CT molecular complexity index is 207. The summed E-state index contributed by atoms with van der Waals surface area (Å²) in [6, 6.07) is 0. The molecule has 1 N–H and O–H groups in total. The van der Waals surface area contributed by atoms with Gasteiger partial charge in [0.2, 0.25) is 0 Å². The molecule has 0 aromatic rings. The van der Waals surface area contributed by atoms with Crippen LogP contribution >= 0.6 is 0 Å². The summed E-state index contributed by atoms with van der Waals surface area (Å²) in [4.78, 5) is 11.0. The van der Waals surface area contributed by atoms with Gasteiger partial charge in [0, 0.05) is 13.0 Å². The Hall–Kier alpha value is -0.940. The quantitative estimate of drug-likeness (QED) is 0.672. The molecule has 0 aliphatic heterocycles. The lowest BCUT2D eigenvalue weighted by Crippen LogP contribution is -2.25. The first-order chi connectivity index (χ1) is 7.95. The summed E-state index contributed by atoms with van der Waals surface area (Å²) < 4.78 is 40.1. The molecule has 0 spiro atoms. The first-order valence-corrected chi connectivity index (χ1v) is 5.93. The van der Waals surface area contributed by atoms with Crippen LogP contribution < -0.4 is 5.32 Å². The SMILES string of the molecule is CCCCOC(=O)NCCCCCC(F)(F)F. The van der Waals surface area contributed by atoms with E-state index in [2.05, 4.69) is 5.32 Å². The molecule has 102 valence electrons. The van der Waals surface area contributed by atoms with E-state index >= 15 is 0 Å². The molecule has 1 amide bonds. The monoisotopic (exact) mass is 255 g/mol. The highest BCUT2D eigenvalue weighted by atomic mass is 19.4. The molecular formula is C11H20F3NO2. The minimum atomic E-state index is -4.08. The zero-order chi connectivity index (χ0) is 13.1. The van der Waals surface area contributed by atoms with Crippen molar-refractivity contribution in [2.45, 2.75) is 51.6 Å². The van der Waals surface area contributed by atoms with Crippen molar-refractivity contribution >= 4 is 6.09 Å². The van der Waals surface area contributed by atoms with E-state index in [0.29, 0.717) is 26.0 Å². The Morgan fingerprint density at radius 3 is 2.47 bits per heavy atom. The van der Waals surface area contributed by atoms with Crippen LogP contribution in [0.2, 0.25) is 0 Å². The molecule has 0 saturated carbocycles. The molecule has 0 aromatic carbocycles. The fourth-order valence-corrected chi connectivity index (χ4v) is 1.18. The molecule has 0 aromatic heterocycles. The van der Waals surface area contributed by atoms with Gasteiger partial charge in [0.1, 0.15) is 0 Å². The van der Waals surface area contributed by atoms with Gasteiger partial charge in [-0.2, -0.15) is 13.2 Å². The molecule has 0 fully saturated rings. The molecule has 0 unspecified atom stereocenters. The summed E-state index contributed by atoms with van der Waals surface area (Å²) in [5.41, 5.74) is 0. The predicted octanol–water partition coefficient (Wildman–Crippen LogP) is 3.64. The topological polar surface area (TPSA) is 38.3 Å². The summed E-state index contributed by atoms with van der Waals surface area (Å²) in [7, 11) is 0. The predicted molar refractivity (Wildman–Crippen MR) is 58.8 cm³/mol. The summed E-state index contributed by atoms with van der Waals surface area (Å²) in [6.45, 7) is 2.74. The van der Waals surface area contributed by atoms with Crippen molar-refractivity contribution in [3.05, 3.63) is 0 Å². The molecule has 0 aliphatic rings. The van der Waals surface area contributed by atoms with Gasteiger partial charge in [-0.25, -0.2) is 4.79 Å². The minimum Gasteiger partial charge on any atom is -0.450 e. The third-order valence-corrected chi connectivity index (χ3v) is 2.14. The van der Waals surface area contributed by atoms with E-state index in [0.717, 1.165) is 12.8 Å². The fourth-order valence-electron chi connectivity index (χ4n) is 1.18. The number of alkyl halides is 3. The minimum absolute atomic E-state index is 0.107. The molecule has 3 nitrogen and oxygen atoms in total. The fraction of sp³-hybridized carbons (Fsp3) is 0.909. The standard InChI is InChI=1S/C11H20F3NO2/c1-2-3-9-17-10(16)15-8-6-4-5-7-11(12,13)14/h2-9H2,1H3,(H,15,16). The Morgan fingerprint density at radius 1 is 1.18 bits per heavy atom. The highest BCUT2D eigenvalue weighted by molar-refractivity contribution is 5.66. The van der Waals surface area contributed by atoms with Gasteiger partial charge >= 0.3 is 12.3 Å². The maximum absolute atomic E-state index is 11.8. The Morgan fingerprint density at radius 2 is 1.88 bits per heavy atom. The number of ether oxygens (including phenoxy) is 1. The van der Waals surface area contributed by atoms with Crippen LogP contribution in [-0.2, 0) is 4.74 Å². The van der Waals surface area contributed by atoms with Gasteiger partial charge in [0.25, 0.3) is 0 Å². The number of nitrogens with one attached hydrogen (secondary N) is 1. The summed E-state index contributed by atoms with van der Waals surface area (Å²) in [5.74, 6) is 0. The molecule has 0 aliphatic carbocycles. The van der Waals surface area contributed by atoms with Crippen molar-refractivity contribution in [2.75, 3.05) is 13.2 Å². The molecule has 6 heteroatoms. The molecule has 17 heavy (non-hydrogen) atoms. The van der Waals surface area contributed by atoms with Crippen LogP contribution in [-0.4, -0.2) is 25.4 Å². The number of rotatable bonds is 8. The van der Waals surface area contributed by atoms with Crippen LogP contribution in [0.5, 0.6) is 0 Å². The van der Waals surface area contributed by atoms with Crippen molar-refractivity contribution in [1.29, 1.82) is 0 Å². The summed E-state index contributed by atoms with van der Waals surface area (Å²) >= 11 is 0. The third kappa shape index (κ3) is 13.0. The Balaban J connectivity index is 3.25. The lowest BCUT2D eigenvalue weighted by atomic mass is 10.2. The van der Waals surface area contributed by atoms with Crippen molar-refractivity contribution in [3.63, 3.8) is 0 Å². The average Bonchev–Trinajstić information content (AvgIpc) is 2.22. The van der Waals surface area contributed by atoms with Crippen LogP contribution in [0.25, 0.3) is 0 Å². The molecule has 0 atom stereocenters. The van der Waals surface area contributed by atoms with Crippen LogP contribution in [0.1, 0.15) is 45.4 Å². The third-order valence-electron chi connectivity index (χ3n) is 2.14. The molecule has 0 saturated heterocycles. The van der Waals surface area contributed by atoms with E-state index in [-0.39, 0.29) is 6.42 Å². The molecule has 0 rings (SSSR count). The van der Waals surface area contributed by atoms with E-state index < -0.39 is 18.7 Å². The maximum Gasteiger partial charge on any atom is 0.407 e. The number of alkyl carbamates (subject to hydrolysis) is 1. The van der Waals surface area contributed by atoms with Gasteiger partial charge in [0.15, 0.2) is 0 Å².